The minimum Gasteiger partial charge on any atom is -0.390 e. The van der Waals surface area contributed by atoms with Crippen molar-refractivity contribution in [3.05, 3.63) is 35.3 Å². The van der Waals surface area contributed by atoms with E-state index < -0.39 is 11.7 Å². The number of nitrogens with zero attached hydrogens (tertiary/aromatic N) is 2. The molecule has 0 aliphatic heterocycles. The number of pyridine rings is 1. The molecule has 6 heteroatoms. The number of rotatable bonds is 2. The van der Waals surface area contributed by atoms with E-state index in [2.05, 4.69) is 4.98 Å². The Morgan fingerprint density at radius 1 is 1.39 bits per heavy atom. The lowest BCUT2D eigenvalue weighted by atomic mass is 10.1. The fourth-order valence-electron chi connectivity index (χ4n) is 1.91. The van der Waals surface area contributed by atoms with Gasteiger partial charge >= 0.3 is 6.18 Å². The van der Waals surface area contributed by atoms with Gasteiger partial charge in [0.2, 0.25) is 0 Å². The Morgan fingerprint density at radius 3 is 2.56 bits per heavy atom. The van der Waals surface area contributed by atoms with Crippen LogP contribution in [0.25, 0.3) is 5.65 Å². The summed E-state index contributed by atoms with van der Waals surface area (Å²) >= 11 is 0. The van der Waals surface area contributed by atoms with Gasteiger partial charge in [0.1, 0.15) is 5.65 Å². The molecule has 0 saturated heterocycles. The predicted octanol–water partition coefficient (Wildman–Crippen LogP) is 2.97. The highest BCUT2D eigenvalue weighted by Crippen LogP contribution is 2.30. The van der Waals surface area contributed by atoms with Gasteiger partial charge in [-0.25, -0.2) is 4.98 Å². The number of aliphatic hydroxyl groups is 1. The Balaban J connectivity index is 2.66. The van der Waals surface area contributed by atoms with Crippen molar-refractivity contribution in [2.45, 2.75) is 32.5 Å². The number of halogens is 3. The van der Waals surface area contributed by atoms with Gasteiger partial charge in [0, 0.05) is 6.20 Å². The fraction of sp³-hybridized carbons (Fsp3) is 0.417. The number of alkyl halides is 3. The second-order valence-electron chi connectivity index (χ2n) is 4.40. The Bertz CT molecular complexity index is 572. The van der Waals surface area contributed by atoms with E-state index >= 15 is 0 Å². The molecule has 0 aliphatic rings. The molecule has 0 amide bonds. The van der Waals surface area contributed by atoms with Crippen LogP contribution in [0.3, 0.4) is 0 Å². The molecule has 3 nitrogen and oxygen atoms in total. The molecule has 0 saturated carbocycles. The predicted molar refractivity (Wildman–Crippen MR) is 60.2 cm³/mol. The summed E-state index contributed by atoms with van der Waals surface area (Å²) in [7, 11) is 0. The van der Waals surface area contributed by atoms with Gasteiger partial charge in [-0.1, -0.05) is 13.8 Å². The highest BCUT2D eigenvalue weighted by Gasteiger charge is 2.31. The zero-order valence-electron chi connectivity index (χ0n) is 9.99. The Kier molecular flexibility index (Phi) is 3.06. The first-order valence-corrected chi connectivity index (χ1v) is 5.53. The molecular formula is C12H13F3N2O. The molecule has 18 heavy (non-hydrogen) atoms. The minimum absolute atomic E-state index is 0.0430. The van der Waals surface area contributed by atoms with Gasteiger partial charge in [-0.15, -0.1) is 0 Å². The average molecular weight is 258 g/mol. The van der Waals surface area contributed by atoms with Crippen LogP contribution in [-0.4, -0.2) is 14.5 Å². The van der Waals surface area contributed by atoms with Crippen LogP contribution in [0.1, 0.15) is 36.7 Å². The van der Waals surface area contributed by atoms with Crippen molar-refractivity contribution in [2.75, 3.05) is 0 Å². The summed E-state index contributed by atoms with van der Waals surface area (Å²) in [6, 6.07) is 1.98. The van der Waals surface area contributed by atoms with Crippen LogP contribution in [-0.2, 0) is 12.8 Å². The highest BCUT2D eigenvalue weighted by atomic mass is 19.4. The molecule has 0 spiro atoms. The molecule has 1 N–H and O–H groups in total. The van der Waals surface area contributed by atoms with Gasteiger partial charge in [0.25, 0.3) is 0 Å². The quantitative estimate of drug-likeness (QED) is 0.899. The highest BCUT2D eigenvalue weighted by molar-refractivity contribution is 5.47. The third-order valence-electron chi connectivity index (χ3n) is 2.78. The molecule has 0 radical (unpaired) electrons. The largest absolute Gasteiger partial charge is 0.416 e. The average Bonchev–Trinajstić information content (AvgIpc) is 2.65. The number of fused-ring (bicyclic) bond motifs is 1. The first-order valence-electron chi connectivity index (χ1n) is 5.53. The standard InChI is InChI=1S/C12H13F3N2O/c1-7(2)11-9(6-18)17-4-3-8(12(13,14)15)5-10(17)16-11/h3-5,7,18H,6H2,1-2H3. The van der Waals surface area contributed by atoms with Crippen molar-refractivity contribution in [2.24, 2.45) is 0 Å². The van der Waals surface area contributed by atoms with Gasteiger partial charge in [-0.05, 0) is 18.1 Å². The molecule has 0 fully saturated rings. The molecule has 0 aromatic carbocycles. The maximum absolute atomic E-state index is 12.6. The van der Waals surface area contributed by atoms with Gasteiger partial charge in [0.15, 0.2) is 0 Å². The van der Waals surface area contributed by atoms with E-state index in [1.807, 2.05) is 13.8 Å². The number of hydrogen-bond donors (Lipinski definition) is 1. The van der Waals surface area contributed by atoms with Gasteiger partial charge in [-0.2, -0.15) is 13.2 Å². The van der Waals surface area contributed by atoms with E-state index in [4.69, 9.17) is 0 Å². The van der Waals surface area contributed by atoms with Crippen molar-refractivity contribution in [1.82, 2.24) is 9.38 Å². The lowest BCUT2D eigenvalue weighted by Crippen LogP contribution is -2.06. The summed E-state index contributed by atoms with van der Waals surface area (Å²) in [6.07, 6.45) is -3.09. The molecular weight excluding hydrogens is 245 g/mol. The number of hydrogen-bond acceptors (Lipinski definition) is 2. The summed E-state index contributed by atoms with van der Waals surface area (Å²) in [6.45, 7) is 3.51. The van der Waals surface area contributed by atoms with Crippen LogP contribution < -0.4 is 0 Å². The first kappa shape index (κ1) is 12.9. The lowest BCUT2D eigenvalue weighted by Gasteiger charge is -2.07. The number of aromatic nitrogens is 2. The monoisotopic (exact) mass is 258 g/mol. The van der Waals surface area contributed by atoms with Gasteiger partial charge < -0.3 is 9.51 Å². The van der Waals surface area contributed by atoms with Crippen molar-refractivity contribution < 1.29 is 18.3 Å². The van der Waals surface area contributed by atoms with Crippen LogP contribution in [0.15, 0.2) is 18.3 Å². The molecule has 0 aliphatic carbocycles. The normalized spacial score (nSPS) is 12.6. The molecule has 2 aromatic heterocycles. The summed E-state index contributed by atoms with van der Waals surface area (Å²) in [5.74, 6) is 0.0430. The fourth-order valence-corrected chi connectivity index (χ4v) is 1.91. The third kappa shape index (κ3) is 2.08. The zero-order chi connectivity index (χ0) is 13.5. The van der Waals surface area contributed by atoms with Crippen molar-refractivity contribution in [3.63, 3.8) is 0 Å². The van der Waals surface area contributed by atoms with Crippen LogP contribution in [0, 0.1) is 0 Å². The number of imidazole rings is 1. The van der Waals surface area contributed by atoms with Crippen LogP contribution in [0.5, 0.6) is 0 Å². The summed E-state index contributed by atoms with van der Waals surface area (Å²) < 4.78 is 39.2. The molecule has 2 aromatic rings. The van der Waals surface area contributed by atoms with Gasteiger partial charge in [-0.3, -0.25) is 0 Å². The van der Waals surface area contributed by atoms with Crippen LogP contribution in [0.4, 0.5) is 13.2 Å². The van der Waals surface area contributed by atoms with E-state index in [0.29, 0.717) is 11.4 Å². The SMILES string of the molecule is CC(C)c1nc2cc(C(F)(F)F)ccn2c1CO. The second kappa shape index (κ2) is 4.28. The second-order valence-corrected chi connectivity index (χ2v) is 4.40. The van der Waals surface area contributed by atoms with E-state index in [-0.39, 0.29) is 18.2 Å². The first-order chi connectivity index (χ1) is 8.34. The van der Waals surface area contributed by atoms with Crippen LogP contribution in [0.2, 0.25) is 0 Å². The zero-order valence-corrected chi connectivity index (χ0v) is 9.99. The number of aliphatic hydroxyl groups excluding tert-OH is 1. The van der Waals surface area contributed by atoms with Crippen molar-refractivity contribution in [3.8, 4) is 0 Å². The van der Waals surface area contributed by atoms with Gasteiger partial charge in [0.05, 0.1) is 23.6 Å². The lowest BCUT2D eigenvalue weighted by molar-refractivity contribution is -0.137. The molecule has 0 bridgehead atoms. The van der Waals surface area contributed by atoms with E-state index in [0.717, 1.165) is 12.1 Å². The summed E-state index contributed by atoms with van der Waals surface area (Å²) in [4.78, 5) is 4.16. The maximum atomic E-state index is 12.6. The Labute approximate surface area is 102 Å². The molecule has 2 heterocycles. The van der Waals surface area contributed by atoms with E-state index in [1.165, 1.54) is 10.6 Å². The Morgan fingerprint density at radius 2 is 2.06 bits per heavy atom. The van der Waals surface area contributed by atoms with Crippen LogP contribution >= 0.6 is 0 Å². The molecule has 0 atom stereocenters. The smallest absolute Gasteiger partial charge is 0.390 e. The molecule has 0 unspecified atom stereocenters. The molecule has 98 valence electrons. The molecule has 2 rings (SSSR count). The Hall–Kier alpha value is -1.56. The van der Waals surface area contributed by atoms with Crippen molar-refractivity contribution >= 4 is 5.65 Å². The summed E-state index contributed by atoms with van der Waals surface area (Å²) in [5.41, 5.74) is 0.628. The topological polar surface area (TPSA) is 37.5 Å². The van der Waals surface area contributed by atoms with Crippen molar-refractivity contribution in [1.29, 1.82) is 0 Å². The van der Waals surface area contributed by atoms with E-state index in [9.17, 15) is 18.3 Å². The maximum Gasteiger partial charge on any atom is 0.416 e. The van der Waals surface area contributed by atoms with E-state index in [1.54, 1.807) is 0 Å². The summed E-state index contributed by atoms with van der Waals surface area (Å²) in [5, 5.41) is 9.30. The third-order valence-corrected chi connectivity index (χ3v) is 2.78. The minimum atomic E-state index is -4.38.